The van der Waals surface area contributed by atoms with Gasteiger partial charge < -0.3 is 10.8 Å². The van der Waals surface area contributed by atoms with Gasteiger partial charge in [-0.25, -0.2) is 0 Å². The molecule has 1 rings (SSSR count). The Balaban J connectivity index is 3.21. The lowest BCUT2D eigenvalue weighted by Gasteiger charge is -2.09. The first-order valence-electron chi connectivity index (χ1n) is 3.76. The van der Waals surface area contributed by atoms with Gasteiger partial charge >= 0.3 is 0 Å². The molecule has 0 aliphatic heterocycles. The van der Waals surface area contributed by atoms with Crippen LogP contribution in [0.1, 0.15) is 24.2 Å². The first kappa shape index (κ1) is 9.36. The van der Waals surface area contributed by atoms with E-state index in [4.69, 9.17) is 17.3 Å². The number of rotatable bonds is 1. The number of benzene rings is 1. The molecule has 1 atom stereocenters. The summed E-state index contributed by atoms with van der Waals surface area (Å²) in [4.78, 5) is 0. The molecule has 1 unspecified atom stereocenters. The van der Waals surface area contributed by atoms with E-state index in [0.29, 0.717) is 10.7 Å². The van der Waals surface area contributed by atoms with Gasteiger partial charge in [0.05, 0.1) is 16.8 Å². The normalized spacial score (nSPS) is 13.0. The monoisotopic (exact) mass is 185 g/mol. The van der Waals surface area contributed by atoms with Crippen LogP contribution in [0.15, 0.2) is 12.1 Å². The second-order valence-electron chi connectivity index (χ2n) is 2.91. The Hall–Kier alpha value is -0.730. The Morgan fingerprint density at radius 2 is 2.08 bits per heavy atom. The van der Waals surface area contributed by atoms with Crippen LogP contribution in [-0.4, -0.2) is 5.11 Å². The number of aliphatic hydroxyl groups is 1. The summed E-state index contributed by atoms with van der Waals surface area (Å²) in [6.45, 7) is 3.56. The van der Waals surface area contributed by atoms with E-state index in [1.54, 1.807) is 13.0 Å². The highest BCUT2D eigenvalue weighted by Crippen LogP contribution is 2.26. The molecule has 12 heavy (non-hydrogen) atoms. The van der Waals surface area contributed by atoms with Crippen molar-refractivity contribution in [2.75, 3.05) is 5.73 Å². The van der Waals surface area contributed by atoms with Crippen LogP contribution in [0.25, 0.3) is 0 Å². The van der Waals surface area contributed by atoms with Gasteiger partial charge in [0.25, 0.3) is 0 Å². The van der Waals surface area contributed by atoms with Crippen LogP contribution >= 0.6 is 11.6 Å². The second kappa shape index (κ2) is 3.33. The maximum absolute atomic E-state index is 9.26. The van der Waals surface area contributed by atoms with E-state index in [2.05, 4.69) is 0 Å². The van der Waals surface area contributed by atoms with Crippen LogP contribution in [0, 0.1) is 6.92 Å². The fraction of sp³-hybridized carbons (Fsp3) is 0.333. The predicted octanol–water partition coefficient (Wildman–Crippen LogP) is 2.28. The molecule has 0 saturated carbocycles. The fourth-order valence-corrected chi connectivity index (χ4v) is 1.30. The van der Waals surface area contributed by atoms with Crippen molar-refractivity contribution < 1.29 is 5.11 Å². The van der Waals surface area contributed by atoms with E-state index < -0.39 is 6.10 Å². The zero-order valence-corrected chi connectivity index (χ0v) is 7.89. The Morgan fingerprint density at radius 3 is 2.50 bits per heavy atom. The summed E-state index contributed by atoms with van der Waals surface area (Å²) in [7, 11) is 0. The highest BCUT2D eigenvalue weighted by atomic mass is 35.5. The zero-order valence-electron chi connectivity index (χ0n) is 7.13. The summed E-state index contributed by atoms with van der Waals surface area (Å²) in [5.74, 6) is 0. The van der Waals surface area contributed by atoms with E-state index in [1.807, 2.05) is 13.0 Å². The van der Waals surface area contributed by atoms with Gasteiger partial charge in [0.2, 0.25) is 0 Å². The first-order chi connectivity index (χ1) is 5.52. The Morgan fingerprint density at radius 1 is 1.50 bits per heavy atom. The van der Waals surface area contributed by atoms with Gasteiger partial charge in [-0.05, 0) is 31.0 Å². The molecule has 3 heteroatoms. The zero-order chi connectivity index (χ0) is 9.30. The van der Waals surface area contributed by atoms with Gasteiger partial charge in [-0.3, -0.25) is 0 Å². The lowest BCUT2D eigenvalue weighted by atomic mass is 10.1. The average molecular weight is 186 g/mol. The largest absolute Gasteiger partial charge is 0.397 e. The predicted molar refractivity (Wildman–Crippen MR) is 51.2 cm³/mol. The van der Waals surface area contributed by atoms with Crippen LogP contribution in [0.2, 0.25) is 5.02 Å². The van der Waals surface area contributed by atoms with Gasteiger partial charge in [-0.2, -0.15) is 0 Å². The molecule has 0 spiro atoms. The van der Waals surface area contributed by atoms with E-state index >= 15 is 0 Å². The van der Waals surface area contributed by atoms with Gasteiger partial charge in [0.1, 0.15) is 0 Å². The second-order valence-corrected chi connectivity index (χ2v) is 3.32. The Labute approximate surface area is 77.0 Å². The van der Waals surface area contributed by atoms with Crippen LogP contribution in [0.5, 0.6) is 0 Å². The highest BCUT2D eigenvalue weighted by molar-refractivity contribution is 6.33. The summed E-state index contributed by atoms with van der Waals surface area (Å²) in [5, 5.41) is 9.77. The average Bonchev–Trinajstić information content (AvgIpc) is 1.99. The van der Waals surface area contributed by atoms with Crippen molar-refractivity contribution in [2.24, 2.45) is 0 Å². The van der Waals surface area contributed by atoms with E-state index in [0.717, 1.165) is 11.1 Å². The number of hydrogen-bond acceptors (Lipinski definition) is 2. The third kappa shape index (κ3) is 1.71. The van der Waals surface area contributed by atoms with Crippen LogP contribution in [0.4, 0.5) is 5.69 Å². The molecule has 0 amide bonds. The third-order valence-corrected chi connectivity index (χ3v) is 2.15. The number of nitrogen functional groups attached to an aromatic ring is 1. The topological polar surface area (TPSA) is 46.2 Å². The van der Waals surface area contributed by atoms with Gasteiger partial charge in [-0.15, -0.1) is 0 Å². The molecule has 0 aliphatic rings. The maximum atomic E-state index is 9.26. The number of hydrogen-bond donors (Lipinski definition) is 2. The minimum Gasteiger partial charge on any atom is -0.397 e. The number of aliphatic hydroxyl groups excluding tert-OH is 1. The van der Waals surface area contributed by atoms with Crippen LogP contribution in [-0.2, 0) is 0 Å². The molecule has 0 radical (unpaired) electrons. The lowest BCUT2D eigenvalue weighted by Crippen LogP contribution is -1.96. The third-order valence-electron chi connectivity index (χ3n) is 1.84. The molecule has 2 nitrogen and oxygen atoms in total. The number of aryl methyl sites for hydroxylation is 1. The Bertz CT molecular complexity index is 274. The maximum Gasteiger partial charge on any atom is 0.0762 e. The van der Waals surface area contributed by atoms with E-state index in [9.17, 15) is 5.11 Å². The molecule has 0 aromatic heterocycles. The standard InChI is InChI=1S/C9H12ClNO/c1-5-3-7(6(2)12)4-8(10)9(5)11/h3-4,6,12H,11H2,1-2H3. The molecule has 3 N–H and O–H groups in total. The van der Waals surface area contributed by atoms with Crippen molar-refractivity contribution in [1.29, 1.82) is 0 Å². The van der Waals surface area contributed by atoms with Crippen molar-refractivity contribution >= 4 is 17.3 Å². The summed E-state index contributed by atoms with van der Waals surface area (Å²) in [6.07, 6.45) is -0.498. The summed E-state index contributed by atoms with van der Waals surface area (Å²) in [6, 6.07) is 3.53. The summed E-state index contributed by atoms with van der Waals surface area (Å²) < 4.78 is 0. The molecule has 1 aromatic carbocycles. The molecular weight excluding hydrogens is 174 g/mol. The SMILES string of the molecule is Cc1cc(C(C)O)cc(Cl)c1N. The molecule has 0 heterocycles. The van der Waals surface area contributed by atoms with Crippen LogP contribution < -0.4 is 5.73 Å². The van der Waals surface area contributed by atoms with Gasteiger partial charge in [-0.1, -0.05) is 17.7 Å². The Kier molecular flexibility index (Phi) is 2.60. The fourth-order valence-electron chi connectivity index (χ4n) is 1.02. The molecule has 1 aromatic rings. The molecule has 0 saturated heterocycles. The van der Waals surface area contributed by atoms with Crippen molar-refractivity contribution in [3.63, 3.8) is 0 Å². The van der Waals surface area contributed by atoms with E-state index in [1.165, 1.54) is 0 Å². The lowest BCUT2D eigenvalue weighted by molar-refractivity contribution is 0.199. The van der Waals surface area contributed by atoms with Crippen molar-refractivity contribution in [3.8, 4) is 0 Å². The van der Waals surface area contributed by atoms with Crippen molar-refractivity contribution in [1.82, 2.24) is 0 Å². The van der Waals surface area contributed by atoms with Crippen LogP contribution in [0.3, 0.4) is 0 Å². The smallest absolute Gasteiger partial charge is 0.0762 e. The quantitative estimate of drug-likeness (QED) is 0.660. The number of nitrogens with two attached hydrogens (primary N) is 1. The number of halogens is 1. The molecule has 66 valence electrons. The summed E-state index contributed by atoms with van der Waals surface area (Å²) >= 11 is 5.83. The van der Waals surface area contributed by atoms with Gasteiger partial charge in [0, 0.05) is 0 Å². The summed E-state index contributed by atoms with van der Waals surface area (Å²) in [5.41, 5.74) is 7.92. The molecule has 0 fully saturated rings. The van der Waals surface area contributed by atoms with Gasteiger partial charge in [0.15, 0.2) is 0 Å². The molecule has 0 aliphatic carbocycles. The molecule has 0 bridgehead atoms. The van der Waals surface area contributed by atoms with E-state index in [-0.39, 0.29) is 0 Å². The minimum absolute atomic E-state index is 0.498. The highest BCUT2D eigenvalue weighted by Gasteiger charge is 2.06. The number of anilines is 1. The molecular formula is C9H12ClNO. The van der Waals surface area contributed by atoms with Crippen molar-refractivity contribution in [3.05, 3.63) is 28.3 Å². The first-order valence-corrected chi connectivity index (χ1v) is 4.13. The minimum atomic E-state index is -0.498. The van der Waals surface area contributed by atoms with Crippen molar-refractivity contribution in [2.45, 2.75) is 20.0 Å².